The molecule has 0 saturated carbocycles. The van der Waals surface area contributed by atoms with Gasteiger partial charge >= 0.3 is 5.97 Å². The first-order valence-corrected chi connectivity index (χ1v) is 6.11. The van der Waals surface area contributed by atoms with Crippen LogP contribution in [0.5, 0.6) is 0 Å². The Balaban J connectivity index is 2.68. The minimum absolute atomic E-state index is 0.0942. The van der Waals surface area contributed by atoms with Gasteiger partial charge in [-0.05, 0) is 39.0 Å². The van der Waals surface area contributed by atoms with Crippen LogP contribution in [0.15, 0.2) is 24.3 Å². The zero-order valence-electron chi connectivity index (χ0n) is 11.4. The second-order valence-corrected chi connectivity index (χ2v) is 4.76. The fraction of sp³-hybridized carbons (Fsp3) is 0.429. The van der Waals surface area contributed by atoms with Crippen molar-refractivity contribution in [2.24, 2.45) is 0 Å². The van der Waals surface area contributed by atoms with Crippen LogP contribution in [0, 0.1) is 0 Å². The summed E-state index contributed by atoms with van der Waals surface area (Å²) in [5.74, 6) is -1.36. The van der Waals surface area contributed by atoms with Crippen molar-refractivity contribution in [3.63, 3.8) is 0 Å². The number of hydrogen-bond acceptors (Lipinski definition) is 3. The minimum Gasteiger partial charge on any atom is -0.478 e. The van der Waals surface area contributed by atoms with Gasteiger partial charge in [-0.3, -0.25) is 4.79 Å². The van der Waals surface area contributed by atoms with Crippen molar-refractivity contribution < 1.29 is 19.4 Å². The maximum Gasteiger partial charge on any atom is 0.335 e. The van der Waals surface area contributed by atoms with Gasteiger partial charge in [0.05, 0.1) is 11.2 Å². The molecule has 0 aliphatic rings. The van der Waals surface area contributed by atoms with E-state index in [9.17, 15) is 9.59 Å². The predicted octanol–water partition coefficient (Wildman–Crippen LogP) is 1.93. The van der Waals surface area contributed by atoms with E-state index in [1.165, 1.54) is 12.1 Å². The Hall–Kier alpha value is -1.88. The number of hydrogen-bond donors (Lipinski definition) is 2. The molecule has 5 heteroatoms. The monoisotopic (exact) mass is 265 g/mol. The van der Waals surface area contributed by atoms with Crippen molar-refractivity contribution in [3.05, 3.63) is 35.4 Å². The van der Waals surface area contributed by atoms with Gasteiger partial charge in [0, 0.05) is 18.7 Å². The number of carboxylic acid groups (broad SMARTS) is 1. The van der Waals surface area contributed by atoms with E-state index in [2.05, 4.69) is 5.32 Å². The smallest absolute Gasteiger partial charge is 0.335 e. The molecule has 0 radical (unpaired) electrons. The zero-order chi connectivity index (χ0) is 14.5. The number of benzene rings is 1. The quantitative estimate of drug-likeness (QED) is 0.824. The highest BCUT2D eigenvalue weighted by atomic mass is 16.5. The third-order valence-electron chi connectivity index (χ3n) is 2.58. The lowest BCUT2D eigenvalue weighted by Crippen LogP contribution is -2.40. The highest BCUT2D eigenvalue weighted by Crippen LogP contribution is 2.09. The summed E-state index contributed by atoms with van der Waals surface area (Å²) in [6.45, 7) is 6.57. The van der Waals surface area contributed by atoms with Gasteiger partial charge in [-0.1, -0.05) is 6.07 Å². The summed E-state index contributed by atoms with van der Waals surface area (Å²) in [5.41, 5.74) is -0.0293. The molecule has 2 N–H and O–H groups in total. The Bertz CT molecular complexity index is 468. The van der Waals surface area contributed by atoms with Gasteiger partial charge in [-0.25, -0.2) is 4.79 Å². The maximum absolute atomic E-state index is 11.9. The normalized spacial score (nSPS) is 11.1. The predicted molar refractivity (Wildman–Crippen MR) is 71.4 cm³/mol. The van der Waals surface area contributed by atoms with Crippen LogP contribution >= 0.6 is 0 Å². The third-order valence-corrected chi connectivity index (χ3v) is 2.58. The largest absolute Gasteiger partial charge is 0.478 e. The molecule has 0 unspecified atom stereocenters. The first kappa shape index (κ1) is 15.2. The van der Waals surface area contributed by atoms with Gasteiger partial charge in [0.15, 0.2) is 0 Å². The second-order valence-electron chi connectivity index (χ2n) is 4.76. The molecule has 5 nitrogen and oxygen atoms in total. The molecule has 0 fully saturated rings. The van der Waals surface area contributed by atoms with Crippen LogP contribution in [-0.4, -0.2) is 35.7 Å². The molecule has 0 heterocycles. The average molecular weight is 265 g/mol. The van der Waals surface area contributed by atoms with Gasteiger partial charge in [0.1, 0.15) is 0 Å². The fourth-order valence-corrected chi connectivity index (χ4v) is 1.63. The number of carbonyl (C=O) groups excluding carboxylic acids is 1. The van der Waals surface area contributed by atoms with Gasteiger partial charge in [0.2, 0.25) is 0 Å². The highest BCUT2D eigenvalue weighted by molar-refractivity contribution is 5.97. The van der Waals surface area contributed by atoms with Crippen molar-refractivity contribution in [3.8, 4) is 0 Å². The molecular formula is C14H19NO4. The number of carbonyl (C=O) groups is 2. The molecule has 1 aromatic rings. The van der Waals surface area contributed by atoms with Crippen LogP contribution in [0.25, 0.3) is 0 Å². The number of carboxylic acids is 1. The number of ether oxygens (including phenoxy) is 1. The van der Waals surface area contributed by atoms with Crippen LogP contribution in [0.3, 0.4) is 0 Å². The first-order chi connectivity index (χ1) is 8.85. The SMILES string of the molecule is CCOC(C)(C)CNC(=O)c1cccc(C(=O)O)c1. The third kappa shape index (κ3) is 4.71. The summed E-state index contributed by atoms with van der Waals surface area (Å²) in [7, 11) is 0. The highest BCUT2D eigenvalue weighted by Gasteiger charge is 2.19. The summed E-state index contributed by atoms with van der Waals surface area (Å²) < 4.78 is 5.47. The molecular weight excluding hydrogens is 246 g/mol. The molecule has 0 aliphatic carbocycles. The van der Waals surface area contributed by atoms with Crippen LogP contribution in [0.1, 0.15) is 41.5 Å². The Morgan fingerprint density at radius 2 is 1.95 bits per heavy atom. The van der Waals surface area contributed by atoms with Crippen molar-refractivity contribution in [1.82, 2.24) is 5.32 Å². The Morgan fingerprint density at radius 3 is 2.53 bits per heavy atom. The molecule has 104 valence electrons. The lowest BCUT2D eigenvalue weighted by Gasteiger charge is -2.24. The molecule has 19 heavy (non-hydrogen) atoms. The maximum atomic E-state index is 11.9. The lowest BCUT2D eigenvalue weighted by molar-refractivity contribution is -0.00815. The second kappa shape index (κ2) is 6.33. The summed E-state index contributed by atoms with van der Waals surface area (Å²) in [6, 6.07) is 5.93. The Morgan fingerprint density at radius 1 is 1.32 bits per heavy atom. The molecule has 0 bridgehead atoms. The Labute approximate surface area is 112 Å². The van der Waals surface area contributed by atoms with E-state index in [0.29, 0.717) is 18.7 Å². The van der Waals surface area contributed by atoms with Crippen LogP contribution in [-0.2, 0) is 4.74 Å². The number of nitrogens with one attached hydrogen (secondary N) is 1. The molecule has 1 rings (SSSR count). The van der Waals surface area contributed by atoms with E-state index in [1.807, 2.05) is 20.8 Å². The van der Waals surface area contributed by atoms with E-state index < -0.39 is 11.6 Å². The van der Waals surface area contributed by atoms with Crippen molar-refractivity contribution in [2.45, 2.75) is 26.4 Å². The summed E-state index contributed by atoms with van der Waals surface area (Å²) in [6.07, 6.45) is 0. The molecule has 1 amide bonds. The van der Waals surface area contributed by atoms with Gasteiger partial charge < -0.3 is 15.2 Å². The minimum atomic E-state index is -1.05. The molecule has 0 atom stereocenters. The van der Waals surface area contributed by atoms with E-state index in [-0.39, 0.29) is 11.5 Å². The topological polar surface area (TPSA) is 75.6 Å². The van der Waals surface area contributed by atoms with Crippen molar-refractivity contribution in [1.29, 1.82) is 0 Å². The Kier molecular flexibility index (Phi) is 5.06. The van der Waals surface area contributed by atoms with Gasteiger partial charge in [-0.15, -0.1) is 0 Å². The van der Waals surface area contributed by atoms with E-state index >= 15 is 0 Å². The van der Waals surface area contributed by atoms with Crippen LogP contribution in [0.2, 0.25) is 0 Å². The van der Waals surface area contributed by atoms with Crippen molar-refractivity contribution >= 4 is 11.9 Å². The molecule has 0 aliphatic heterocycles. The fourth-order valence-electron chi connectivity index (χ4n) is 1.63. The standard InChI is InChI=1S/C14H19NO4/c1-4-19-14(2,3)9-15-12(16)10-6-5-7-11(8-10)13(17)18/h5-8H,4,9H2,1-3H3,(H,15,16)(H,17,18). The first-order valence-electron chi connectivity index (χ1n) is 6.11. The van der Waals surface area contributed by atoms with E-state index in [0.717, 1.165) is 0 Å². The zero-order valence-corrected chi connectivity index (χ0v) is 11.4. The molecule has 0 spiro atoms. The number of amides is 1. The van der Waals surface area contributed by atoms with Crippen LogP contribution in [0.4, 0.5) is 0 Å². The van der Waals surface area contributed by atoms with Gasteiger partial charge in [-0.2, -0.15) is 0 Å². The van der Waals surface area contributed by atoms with Crippen molar-refractivity contribution in [2.75, 3.05) is 13.2 Å². The number of rotatable bonds is 6. The molecule has 0 aromatic heterocycles. The number of aromatic carboxylic acids is 1. The van der Waals surface area contributed by atoms with Gasteiger partial charge in [0.25, 0.3) is 5.91 Å². The summed E-state index contributed by atoms with van der Waals surface area (Å²) in [5, 5.41) is 11.6. The summed E-state index contributed by atoms with van der Waals surface area (Å²) in [4.78, 5) is 22.7. The molecule has 1 aromatic carbocycles. The van der Waals surface area contributed by atoms with E-state index in [4.69, 9.17) is 9.84 Å². The average Bonchev–Trinajstić information content (AvgIpc) is 2.36. The molecule has 0 saturated heterocycles. The summed E-state index contributed by atoms with van der Waals surface area (Å²) >= 11 is 0. The van der Waals surface area contributed by atoms with Crippen LogP contribution < -0.4 is 5.32 Å². The lowest BCUT2D eigenvalue weighted by atomic mass is 10.1. The van der Waals surface area contributed by atoms with E-state index in [1.54, 1.807) is 12.1 Å².